The highest BCUT2D eigenvalue weighted by Crippen LogP contribution is 2.43. The Morgan fingerprint density at radius 3 is 2.79 bits per heavy atom. The fraction of sp³-hybridized carbons (Fsp3) is 0.679. The number of amides is 2. The molecule has 0 radical (unpaired) electrons. The van der Waals surface area contributed by atoms with Crippen LogP contribution >= 0.6 is 0 Å². The Hall–Kier alpha value is -2.90. The molecule has 206 valence electrons. The Bertz CT molecular complexity index is 1100. The zero-order valence-electron chi connectivity index (χ0n) is 22.5. The lowest BCUT2D eigenvalue weighted by molar-refractivity contribution is -0.128. The second-order valence-corrected chi connectivity index (χ2v) is 11.9. The maximum absolute atomic E-state index is 15.2. The van der Waals surface area contributed by atoms with E-state index in [1.54, 1.807) is 31.7 Å². The zero-order valence-corrected chi connectivity index (χ0v) is 22.5. The van der Waals surface area contributed by atoms with E-state index >= 15 is 4.39 Å². The summed E-state index contributed by atoms with van der Waals surface area (Å²) in [6, 6.07) is 5.91. The van der Waals surface area contributed by atoms with E-state index in [9.17, 15) is 14.9 Å². The molecule has 38 heavy (non-hydrogen) atoms. The summed E-state index contributed by atoms with van der Waals surface area (Å²) in [5.41, 5.74) is 0.512. The molecule has 4 aliphatic rings. The number of benzene rings is 1. The molecule has 1 aromatic carbocycles. The molecule has 5 rings (SSSR count). The monoisotopic (exact) mass is 527 g/mol. The average molecular weight is 528 g/mol. The van der Waals surface area contributed by atoms with Crippen LogP contribution in [0.25, 0.3) is 0 Å². The highest BCUT2D eigenvalue weighted by atomic mass is 19.1. The number of piperazine rings is 1. The number of ether oxygens (including phenoxy) is 2. The van der Waals surface area contributed by atoms with Gasteiger partial charge in [-0.25, -0.2) is 9.18 Å². The van der Waals surface area contributed by atoms with Gasteiger partial charge in [-0.15, -0.1) is 0 Å². The SMILES string of the molecule is CC(C)(C)OC(=O)N1[C@@H]2CC[C@@H](C2)[C@H]1C(=O)N[C@H](C#N)Cc1ccc(N2CCN3CCOCC3C2)cc1F. The first-order chi connectivity index (χ1) is 18.1. The molecular formula is C28H38FN5O4. The minimum absolute atomic E-state index is 0.0295. The quantitative estimate of drug-likeness (QED) is 0.629. The van der Waals surface area contributed by atoms with Crippen molar-refractivity contribution in [1.29, 1.82) is 5.26 Å². The highest BCUT2D eigenvalue weighted by Gasteiger charge is 2.52. The Balaban J connectivity index is 1.22. The molecule has 1 unspecified atom stereocenters. The number of carbonyl (C=O) groups excluding carboxylic acids is 2. The lowest BCUT2D eigenvalue weighted by atomic mass is 9.97. The van der Waals surface area contributed by atoms with Crippen molar-refractivity contribution in [2.24, 2.45) is 5.92 Å². The molecule has 0 spiro atoms. The molecular weight excluding hydrogens is 489 g/mol. The number of piperidine rings is 1. The number of nitrogens with one attached hydrogen (secondary N) is 1. The number of carbonyl (C=O) groups is 2. The van der Waals surface area contributed by atoms with E-state index in [1.807, 2.05) is 6.07 Å². The third kappa shape index (κ3) is 5.59. The van der Waals surface area contributed by atoms with Crippen molar-refractivity contribution in [3.63, 3.8) is 0 Å². The molecule has 2 bridgehead atoms. The van der Waals surface area contributed by atoms with Crippen molar-refractivity contribution in [3.8, 4) is 6.07 Å². The minimum Gasteiger partial charge on any atom is -0.444 e. The fourth-order valence-electron chi connectivity index (χ4n) is 6.39. The van der Waals surface area contributed by atoms with Crippen molar-refractivity contribution >= 4 is 17.7 Å². The number of fused-ring (bicyclic) bond motifs is 3. The zero-order chi connectivity index (χ0) is 27.0. The van der Waals surface area contributed by atoms with Gasteiger partial charge >= 0.3 is 6.09 Å². The molecule has 1 aliphatic carbocycles. The molecule has 9 nitrogen and oxygen atoms in total. The van der Waals surface area contributed by atoms with Gasteiger partial charge in [0.1, 0.15) is 23.5 Å². The van der Waals surface area contributed by atoms with Crippen LogP contribution in [0.2, 0.25) is 0 Å². The summed E-state index contributed by atoms with van der Waals surface area (Å²) in [6.45, 7) is 10.3. The summed E-state index contributed by atoms with van der Waals surface area (Å²) in [5, 5.41) is 12.6. The third-order valence-corrected chi connectivity index (χ3v) is 8.19. The maximum Gasteiger partial charge on any atom is 0.411 e. The van der Waals surface area contributed by atoms with Crippen molar-refractivity contribution in [1.82, 2.24) is 15.1 Å². The van der Waals surface area contributed by atoms with Crippen molar-refractivity contribution in [2.45, 2.75) is 76.2 Å². The second-order valence-electron chi connectivity index (χ2n) is 11.9. The molecule has 5 atom stereocenters. The van der Waals surface area contributed by atoms with Gasteiger partial charge in [0.25, 0.3) is 0 Å². The first-order valence-corrected chi connectivity index (χ1v) is 13.7. The molecule has 0 aromatic heterocycles. The lowest BCUT2D eigenvalue weighted by Gasteiger charge is -2.44. The molecule has 3 saturated heterocycles. The van der Waals surface area contributed by atoms with E-state index in [2.05, 4.69) is 21.2 Å². The largest absolute Gasteiger partial charge is 0.444 e. The van der Waals surface area contributed by atoms with Gasteiger partial charge in [-0.2, -0.15) is 5.26 Å². The van der Waals surface area contributed by atoms with Gasteiger partial charge < -0.3 is 19.7 Å². The smallest absolute Gasteiger partial charge is 0.411 e. The van der Waals surface area contributed by atoms with Gasteiger partial charge in [-0.3, -0.25) is 14.6 Å². The summed E-state index contributed by atoms with van der Waals surface area (Å²) >= 11 is 0. The van der Waals surface area contributed by atoms with Crippen LogP contribution in [0.5, 0.6) is 0 Å². The fourth-order valence-corrected chi connectivity index (χ4v) is 6.39. The van der Waals surface area contributed by atoms with Crippen molar-refractivity contribution in [3.05, 3.63) is 29.6 Å². The van der Waals surface area contributed by atoms with Crippen molar-refractivity contribution < 1.29 is 23.5 Å². The van der Waals surface area contributed by atoms with Gasteiger partial charge in [0.2, 0.25) is 5.91 Å². The molecule has 3 heterocycles. The molecule has 3 aliphatic heterocycles. The number of rotatable bonds is 5. The van der Waals surface area contributed by atoms with Crippen LogP contribution in [-0.4, -0.2) is 91.0 Å². The molecule has 1 aromatic rings. The Morgan fingerprint density at radius 2 is 2.05 bits per heavy atom. The van der Waals surface area contributed by atoms with E-state index in [0.29, 0.717) is 18.2 Å². The summed E-state index contributed by atoms with van der Waals surface area (Å²) in [6.07, 6.45) is 2.00. The third-order valence-electron chi connectivity index (χ3n) is 8.19. The number of nitrogens with zero attached hydrogens (tertiary/aromatic N) is 4. The van der Waals surface area contributed by atoms with E-state index in [4.69, 9.17) is 9.47 Å². The minimum atomic E-state index is -0.912. The van der Waals surface area contributed by atoms with Crippen LogP contribution in [0, 0.1) is 23.1 Å². The highest BCUT2D eigenvalue weighted by molar-refractivity contribution is 5.87. The number of hydrogen-bond donors (Lipinski definition) is 1. The van der Waals surface area contributed by atoms with Gasteiger partial charge in [0.15, 0.2) is 0 Å². The second kappa shape index (κ2) is 10.7. The Labute approximate surface area is 223 Å². The number of halogens is 1. The molecule has 1 N–H and O–H groups in total. The van der Waals surface area contributed by atoms with Gasteiger partial charge in [-0.1, -0.05) is 6.07 Å². The predicted octanol–water partition coefficient (Wildman–Crippen LogP) is 2.69. The summed E-state index contributed by atoms with van der Waals surface area (Å²) in [4.78, 5) is 32.3. The van der Waals surface area contributed by atoms with E-state index in [0.717, 1.165) is 57.7 Å². The normalized spacial score (nSPS) is 28.0. The number of nitriles is 1. The van der Waals surface area contributed by atoms with E-state index in [1.165, 1.54) is 6.07 Å². The number of hydrogen-bond acceptors (Lipinski definition) is 7. The molecule has 10 heteroatoms. The van der Waals surface area contributed by atoms with Gasteiger partial charge in [0.05, 0.1) is 25.3 Å². The Kier molecular flexibility index (Phi) is 7.51. The summed E-state index contributed by atoms with van der Waals surface area (Å²) < 4.78 is 26.3. The summed E-state index contributed by atoms with van der Waals surface area (Å²) in [7, 11) is 0. The van der Waals surface area contributed by atoms with E-state index < -0.39 is 29.6 Å². The van der Waals surface area contributed by atoms with Crippen molar-refractivity contribution in [2.75, 3.05) is 44.3 Å². The van der Waals surface area contributed by atoms with Crippen LogP contribution in [0.4, 0.5) is 14.9 Å². The van der Waals surface area contributed by atoms with Crippen LogP contribution < -0.4 is 10.2 Å². The van der Waals surface area contributed by atoms with Crippen LogP contribution in [0.15, 0.2) is 18.2 Å². The first kappa shape index (κ1) is 26.7. The van der Waals surface area contributed by atoms with Crippen LogP contribution in [0.3, 0.4) is 0 Å². The summed E-state index contributed by atoms with van der Waals surface area (Å²) in [5.74, 6) is -0.730. The maximum atomic E-state index is 15.2. The molecule has 1 saturated carbocycles. The lowest BCUT2D eigenvalue weighted by Crippen LogP contribution is -2.58. The van der Waals surface area contributed by atoms with Gasteiger partial charge in [-0.05, 0) is 63.6 Å². The van der Waals surface area contributed by atoms with Gasteiger partial charge in [0, 0.05) is 44.3 Å². The Morgan fingerprint density at radius 1 is 1.24 bits per heavy atom. The first-order valence-electron chi connectivity index (χ1n) is 13.7. The molecule has 2 amide bonds. The topological polar surface area (TPSA) is 98.1 Å². The standard InChI is InChI=1S/C28H38FN5O4/c1-28(2,3)38-27(36)34-22-7-5-19(13-22)25(34)26(35)31-20(15-30)12-18-4-6-21(14-24(18)29)33-9-8-32-10-11-37-17-23(32)16-33/h4,6,14,19-20,22-23,25H,5,7-13,16-17H2,1-3H3,(H,31,35)/t19-,20-,22+,23?,25-/m0/s1. The number of anilines is 1. The number of morpholine rings is 1. The van der Waals surface area contributed by atoms with Crippen LogP contribution in [0.1, 0.15) is 45.6 Å². The molecule has 4 fully saturated rings. The number of likely N-dealkylation sites (tertiary alicyclic amines) is 1. The average Bonchev–Trinajstić information content (AvgIpc) is 3.50. The van der Waals surface area contributed by atoms with E-state index in [-0.39, 0.29) is 24.3 Å². The predicted molar refractivity (Wildman–Crippen MR) is 139 cm³/mol. The van der Waals surface area contributed by atoms with Crippen LogP contribution in [-0.2, 0) is 20.7 Å².